The average molecular weight is 233 g/mol. The van der Waals surface area contributed by atoms with Crippen molar-refractivity contribution in [3.63, 3.8) is 0 Å². The monoisotopic (exact) mass is 233 g/mol. The molecular weight excluding hydrogens is 206 g/mol. The van der Waals surface area contributed by atoms with Gasteiger partial charge in [0.15, 0.2) is 0 Å². The fraction of sp³-hybridized carbons (Fsp3) is 1.00. The summed E-state index contributed by atoms with van der Waals surface area (Å²) in [4.78, 5) is 0. The van der Waals surface area contributed by atoms with E-state index >= 15 is 0 Å². The molecule has 0 aromatic carbocycles. The fourth-order valence-electron chi connectivity index (χ4n) is 1.56. The van der Waals surface area contributed by atoms with Gasteiger partial charge in [-0.15, -0.1) is 0 Å². The lowest BCUT2D eigenvalue weighted by Gasteiger charge is -2.25. The van der Waals surface area contributed by atoms with Gasteiger partial charge in [-0.05, 0) is 26.5 Å². The van der Waals surface area contributed by atoms with E-state index in [1.807, 2.05) is 13.2 Å². The number of thioether (sulfide) groups is 1. The van der Waals surface area contributed by atoms with Crippen molar-refractivity contribution in [3.05, 3.63) is 0 Å². The van der Waals surface area contributed by atoms with Gasteiger partial charge in [0.2, 0.25) is 0 Å². The summed E-state index contributed by atoms with van der Waals surface area (Å²) >= 11 is 1.69. The minimum absolute atomic E-state index is 0.518. The second-order valence-corrected chi connectivity index (χ2v) is 5.57. The van der Waals surface area contributed by atoms with E-state index in [0.717, 1.165) is 5.75 Å². The Morgan fingerprint density at radius 1 is 1.40 bits per heavy atom. The first-order valence-corrected chi connectivity index (χ1v) is 7.36. The van der Waals surface area contributed by atoms with Crippen molar-refractivity contribution < 1.29 is 5.11 Å². The number of unbranched alkanes of at least 4 members (excludes halogenated alkanes) is 2. The van der Waals surface area contributed by atoms with Crippen LogP contribution in [0.2, 0.25) is 0 Å². The van der Waals surface area contributed by atoms with E-state index in [1.54, 1.807) is 11.8 Å². The lowest BCUT2D eigenvalue weighted by atomic mass is 10.1. The molecular formula is C12H27NOS. The first-order valence-electron chi connectivity index (χ1n) is 5.96. The van der Waals surface area contributed by atoms with Gasteiger partial charge in [-0.2, -0.15) is 11.8 Å². The molecule has 0 aliphatic heterocycles. The zero-order chi connectivity index (χ0) is 11.7. The van der Waals surface area contributed by atoms with Gasteiger partial charge in [-0.25, -0.2) is 0 Å². The quantitative estimate of drug-likeness (QED) is 0.601. The first kappa shape index (κ1) is 15.3. The van der Waals surface area contributed by atoms with E-state index in [4.69, 9.17) is 0 Å². The van der Waals surface area contributed by atoms with Gasteiger partial charge in [0.25, 0.3) is 0 Å². The molecule has 2 nitrogen and oxygen atoms in total. The predicted octanol–water partition coefficient (Wildman–Crippen LogP) is 2.66. The van der Waals surface area contributed by atoms with Crippen LogP contribution in [0.1, 0.15) is 46.5 Å². The van der Waals surface area contributed by atoms with Crippen LogP contribution in [-0.4, -0.2) is 35.3 Å². The number of hydrogen-bond acceptors (Lipinski definition) is 3. The normalized spacial score (nSPS) is 17.4. The minimum atomic E-state index is -0.571. The van der Waals surface area contributed by atoms with Crippen molar-refractivity contribution in [1.82, 2.24) is 5.32 Å². The summed E-state index contributed by atoms with van der Waals surface area (Å²) in [6.07, 6.45) is 7.11. The molecule has 0 bridgehead atoms. The number of nitrogens with one attached hydrogen (secondary N) is 1. The zero-order valence-corrected chi connectivity index (χ0v) is 11.5. The lowest BCUT2D eigenvalue weighted by molar-refractivity contribution is 0.0816. The third-order valence-corrected chi connectivity index (χ3v) is 3.44. The summed E-state index contributed by atoms with van der Waals surface area (Å²) in [5.41, 5.74) is -0.571. The molecule has 2 atom stereocenters. The summed E-state index contributed by atoms with van der Waals surface area (Å²) in [5.74, 6) is 0.793. The topological polar surface area (TPSA) is 32.3 Å². The zero-order valence-electron chi connectivity index (χ0n) is 10.7. The van der Waals surface area contributed by atoms with E-state index in [2.05, 4.69) is 19.2 Å². The Morgan fingerprint density at radius 3 is 2.60 bits per heavy atom. The highest BCUT2D eigenvalue weighted by molar-refractivity contribution is 7.98. The lowest BCUT2D eigenvalue weighted by Crippen LogP contribution is -2.43. The second kappa shape index (κ2) is 8.43. The molecule has 0 rings (SSSR count). The van der Waals surface area contributed by atoms with Gasteiger partial charge in [0.05, 0.1) is 5.60 Å². The van der Waals surface area contributed by atoms with Crippen LogP contribution in [0.3, 0.4) is 0 Å². The summed E-state index contributed by atoms with van der Waals surface area (Å²) < 4.78 is 0. The standard InChI is InChI=1S/C12H27NOS/c1-5-6-7-8-11(2)13-9-12(3,14)10-15-4/h11,13-14H,5-10H2,1-4H3. The molecule has 92 valence electrons. The average Bonchev–Trinajstić information content (AvgIpc) is 2.15. The summed E-state index contributed by atoms with van der Waals surface area (Å²) in [7, 11) is 0. The molecule has 0 fully saturated rings. The molecule has 0 aliphatic carbocycles. The molecule has 15 heavy (non-hydrogen) atoms. The maximum Gasteiger partial charge on any atom is 0.0833 e. The molecule has 0 radical (unpaired) electrons. The Balaban J connectivity index is 3.55. The molecule has 0 amide bonds. The third kappa shape index (κ3) is 9.21. The summed E-state index contributed by atoms with van der Waals surface area (Å²) in [5, 5.41) is 13.4. The molecule has 2 unspecified atom stereocenters. The van der Waals surface area contributed by atoms with Gasteiger partial charge in [-0.1, -0.05) is 26.2 Å². The Labute approximate surface area is 99.2 Å². The predicted molar refractivity (Wildman–Crippen MR) is 70.6 cm³/mol. The van der Waals surface area contributed by atoms with Crippen LogP contribution < -0.4 is 5.32 Å². The van der Waals surface area contributed by atoms with Crippen molar-refractivity contribution in [2.45, 2.75) is 58.1 Å². The van der Waals surface area contributed by atoms with Crippen molar-refractivity contribution in [3.8, 4) is 0 Å². The molecule has 2 N–H and O–H groups in total. The number of aliphatic hydroxyl groups is 1. The molecule has 0 aliphatic rings. The fourth-order valence-corrected chi connectivity index (χ4v) is 2.28. The molecule has 0 spiro atoms. The van der Waals surface area contributed by atoms with Crippen LogP contribution in [0.15, 0.2) is 0 Å². The van der Waals surface area contributed by atoms with E-state index in [-0.39, 0.29) is 0 Å². The van der Waals surface area contributed by atoms with Crippen LogP contribution in [0.4, 0.5) is 0 Å². The van der Waals surface area contributed by atoms with Crippen LogP contribution in [0.5, 0.6) is 0 Å². The van der Waals surface area contributed by atoms with Gasteiger partial charge < -0.3 is 10.4 Å². The van der Waals surface area contributed by atoms with Gasteiger partial charge >= 0.3 is 0 Å². The molecule has 0 aromatic heterocycles. The Hall–Kier alpha value is 0.270. The molecule has 0 heterocycles. The van der Waals surface area contributed by atoms with Crippen molar-refractivity contribution in [1.29, 1.82) is 0 Å². The summed E-state index contributed by atoms with van der Waals surface area (Å²) in [6.45, 7) is 7.02. The minimum Gasteiger partial charge on any atom is -0.388 e. The van der Waals surface area contributed by atoms with E-state index in [9.17, 15) is 5.11 Å². The van der Waals surface area contributed by atoms with E-state index in [1.165, 1.54) is 25.7 Å². The SMILES string of the molecule is CCCCCC(C)NCC(C)(O)CSC. The Kier molecular flexibility index (Phi) is 8.58. The maximum atomic E-state index is 9.95. The van der Waals surface area contributed by atoms with E-state index < -0.39 is 5.60 Å². The first-order chi connectivity index (χ1) is 7.02. The highest BCUT2D eigenvalue weighted by atomic mass is 32.2. The number of hydrogen-bond donors (Lipinski definition) is 2. The molecule has 0 saturated carbocycles. The smallest absolute Gasteiger partial charge is 0.0833 e. The van der Waals surface area contributed by atoms with Crippen molar-refractivity contribution >= 4 is 11.8 Å². The summed E-state index contributed by atoms with van der Waals surface area (Å²) in [6, 6.07) is 0.518. The Morgan fingerprint density at radius 2 is 2.07 bits per heavy atom. The van der Waals surface area contributed by atoms with Crippen LogP contribution in [0.25, 0.3) is 0 Å². The highest BCUT2D eigenvalue weighted by Gasteiger charge is 2.19. The molecule has 0 saturated heterocycles. The van der Waals surface area contributed by atoms with Crippen molar-refractivity contribution in [2.24, 2.45) is 0 Å². The van der Waals surface area contributed by atoms with Crippen molar-refractivity contribution in [2.75, 3.05) is 18.6 Å². The van der Waals surface area contributed by atoms with Gasteiger partial charge in [0.1, 0.15) is 0 Å². The highest BCUT2D eigenvalue weighted by Crippen LogP contribution is 2.10. The van der Waals surface area contributed by atoms with Gasteiger partial charge in [0, 0.05) is 18.3 Å². The Bertz CT molecular complexity index is 151. The third-order valence-electron chi connectivity index (χ3n) is 2.53. The van der Waals surface area contributed by atoms with Gasteiger partial charge in [-0.3, -0.25) is 0 Å². The van der Waals surface area contributed by atoms with Crippen LogP contribution >= 0.6 is 11.8 Å². The van der Waals surface area contributed by atoms with E-state index in [0.29, 0.717) is 12.6 Å². The number of rotatable bonds is 9. The molecule has 0 aromatic rings. The second-order valence-electron chi connectivity index (χ2n) is 4.71. The van der Waals surface area contributed by atoms with Crippen LogP contribution in [0, 0.1) is 0 Å². The largest absolute Gasteiger partial charge is 0.388 e. The maximum absolute atomic E-state index is 9.95. The van der Waals surface area contributed by atoms with Crippen LogP contribution in [-0.2, 0) is 0 Å². The molecule has 3 heteroatoms.